The molecule has 0 heterocycles. The van der Waals surface area contributed by atoms with Crippen LogP contribution in [0, 0.1) is 11.8 Å². The molecule has 0 aromatic heterocycles. The maximum Gasteiger partial charge on any atom is 0.222 e. The van der Waals surface area contributed by atoms with Crippen LogP contribution in [0.4, 0.5) is 0 Å². The van der Waals surface area contributed by atoms with Gasteiger partial charge in [-0.25, -0.2) is 0 Å². The molecule has 5 nitrogen and oxygen atoms in total. The van der Waals surface area contributed by atoms with Gasteiger partial charge in [-0.2, -0.15) is 0 Å². The van der Waals surface area contributed by atoms with Crippen LogP contribution in [0.2, 0.25) is 0 Å². The van der Waals surface area contributed by atoms with Gasteiger partial charge in [0.05, 0.1) is 6.54 Å². The summed E-state index contributed by atoms with van der Waals surface area (Å²) in [7, 11) is 0. The monoisotopic (exact) mass is 310 g/mol. The van der Waals surface area contributed by atoms with Crippen LogP contribution in [-0.4, -0.2) is 37.5 Å². The zero-order valence-electron chi connectivity index (χ0n) is 14.7. The van der Waals surface area contributed by atoms with Gasteiger partial charge in [-0.3, -0.25) is 9.79 Å². The van der Waals surface area contributed by atoms with Crippen molar-refractivity contribution in [2.45, 2.75) is 65.8 Å². The molecule has 0 aromatic carbocycles. The van der Waals surface area contributed by atoms with E-state index in [1.807, 2.05) is 13.8 Å². The molecule has 0 radical (unpaired) electrons. The average molecular weight is 310 g/mol. The Hall–Kier alpha value is -1.26. The summed E-state index contributed by atoms with van der Waals surface area (Å²) < 4.78 is 0. The minimum absolute atomic E-state index is 0.0311. The molecule has 0 aliphatic heterocycles. The standard InChI is InChI=1S/C17H34N4O/c1-5-14-8-7-9-15(12-14)21-17(18-6-2)20-11-10-19-16(22)13(3)4/h13-15H,5-12H2,1-4H3,(H,19,22)(H2,18,20,21). The number of nitrogens with zero attached hydrogens (tertiary/aromatic N) is 1. The third-order valence-electron chi connectivity index (χ3n) is 4.25. The Bertz CT molecular complexity index is 355. The molecule has 2 atom stereocenters. The van der Waals surface area contributed by atoms with E-state index in [2.05, 4.69) is 34.8 Å². The highest BCUT2D eigenvalue weighted by Gasteiger charge is 2.21. The van der Waals surface area contributed by atoms with E-state index < -0.39 is 0 Å². The maximum absolute atomic E-state index is 11.5. The molecular weight excluding hydrogens is 276 g/mol. The van der Waals surface area contributed by atoms with Crippen molar-refractivity contribution in [2.75, 3.05) is 19.6 Å². The number of nitrogens with one attached hydrogen (secondary N) is 3. The van der Waals surface area contributed by atoms with Gasteiger partial charge in [0.25, 0.3) is 0 Å². The van der Waals surface area contributed by atoms with Crippen molar-refractivity contribution in [3.8, 4) is 0 Å². The summed E-state index contributed by atoms with van der Waals surface area (Å²) in [5.74, 6) is 1.84. The Kier molecular flexibility index (Phi) is 8.94. The summed E-state index contributed by atoms with van der Waals surface area (Å²) in [5.41, 5.74) is 0. The second-order valence-corrected chi connectivity index (χ2v) is 6.49. The Morgan fingerprint density at radius 2 is 2.00 bits per heavy atom. The number of amides is 1. The van der Waals surface area contributed by atoms with Crippen molar-refractivity contribution < 1.29 is 4.79 Å². The fraction of sp³-hybridized carbons (Fsp3) is 0.882. The van der Waals surface area contributed by atoms with E-state index in [1.165, 1.54) is 32.1 Å². The molecule has 22 heavy (non-hydrogen) atoms. The number of aliphatic imine (C=N–C) groups is 1. The van der Waals surface area contributed by atoms with Crippen LogP contribution in [0.3, 0.4) is 0 Å². The van der Waals surface area contributed by atoms with Gasteiger partial charge < -0.3 is 16.0 Å². The van der Waals surface area contributed by atoms with Crippen molar-refractivity contribution in [1.82, 2.24) is 16.0 Å². The summed E-state index contributed by atoms with van der Waals surface area (Å²) in [4.78, 5) is 16.1. The Balaban J connectivity index is 2.39. The first-order chi connectivity index (χ1) is 10.6. The first kappa shape index (κ1) is 18.8. The molecule has 1 aliphatic carbocycles. The van der Waals surface area contributed by atoms with E-state index >= 15 is 0 Å². The lowest BCUT2D eigenvalue weighted by Gasteiger charge is -2.30. The number of guanidine groups is 1. The molecule has 0 saturated heterocycles. The minimum atomic E-state index is 0.0311. The second kappa shape index (κ2) is 10.5. The molecule has 2 unspecified atom stereocenters. The normalized spacial score (nSPS) is 22.5. The number of carbonyl (C=O) groups excluding carboxylic acids is 1. The van der Waals surface area contributed by atoms with Gasteiger partial charge in [0.15, 0.2) is 5.96 Å². The van der Waals surface area contributed by atoms with Crippen molar-refractivity contribution in [2.24, 2.45) is 16.8 Å². The molecule has 0 bridgehead atoms. The summed E-state index contributed by atoms with van der Waals surface area (Å²) >= 11 is 0. The molecule has 1 amide bonds. The predicted octanol–water partition coefficient (Wildman–Crippen LogP) is 2.28. The summed E-state index contributed by atoms with van der Waals surface area (Å²) in [6.45, 7) is 10.2. The summed E-state index contributed by atoms with van der Waals surface area (Å²) in [6, 6.07) is 0.529. The molecule has 5 heteroatoms. The number of rotatable bonds is 7. The van der Waals surface area contributed by atoms with Crippen LogP contribution in [0.25, 0.3) is 0 Å². The number of carbonyl (C=O) groups is 1. The highest BCUT2D eigenvalue weighted by atomic mass is 16.1. The van der Waals surface area contributed by atoms with Crippen LogP contribution < -0.4 is 16.0 Å². The molecule has 1 rings (SSSR count). The summed E-state index contributed by atoms with van der Waals surface area (Å²) in [5, 5.41) is 9.76. The molecule has 1 fully saturated rings. The van der Waals surface area contributed by atoms with Gasteiger partial charge in [0.1, 0.15) is 0 Å². The Labute approximate surface area is 135 Å². The van der Waals surface area contributed by atoms with Crippen molar-refractivity contribution >= 4 is 11.9 Å². The molecule has 3 N–H and O–H groups in total. The van der Waals surface area contributed by atoms with Gasteiger partial charge in [-0.1, -0.05) is 40.0 Å². The molecule has 0 spiro atoms. The van der Waals surface area contributed by atoms with Crippen molar-refractivity contribution in [3.63, 3.8) is 0 Å². The van der Waals surface area contributed by atoms with Crippen LogP contribution in [0.15, 0.2) is 4.99 Å². The maximum atomic E-state index is 11.5. The highest BCUT2D eigenvalue weighted by molar-refractivity contribution is 5.80. The van der Waals surface area contributed by atoms with Gasteiger partial charge in [0.2, 0.25) is 5.91 Å². The zero-order valence-corrected chi connectivity index (χ0v) is 14.7. The Morgan fingerprint density at radius 3 is 2.64 bits per heavy atom. The average Bonchev–Trinajstić information content (AvgIpc) is 2.51. The van der Waals surface area contributed by atoms with Gasteiger partial charge in [-0.15, -0.1) is 0 Å². The lowest BCUT2D eigenvalue weighted by Crippen LogP contribution is -2.45. The lowest BCUT2D eigenvalue weighted by atomic mass is 9.84. The molecule has 1 aliphatic rings. The quantitative estimate of drug-likeness (QED) is 0.384. The zero-order chi connectivity index (χ0) is 16.4. The van der Waals surface area contributed by atoms with Gasteiger partial charge >= 0.3 is 0 Å². The van der Waals surface area contributed by atoms with Crippen molar-refractivity contribution in [3.05, 3.63) is 0 Å². The highest BCUT2D eigenvalue weighted by Crippen LogP contribution is 2.26. The van der Waals surface area contributed by atoms with E-state index in [4.69, 9.17) is 0 Å². The van der Waals surface area contributed by atoms with E-state index in [9.17, 15) is 4.79 Å². The second-order valence-electron chi connectivity index (χ2n) is 6.49. The smallest absolute Gasteiger partial charge is 0.222 e. The van der Waals surface area contributed by atoms with Gasteiger partial charge in [-0.05, 0) is 25.7 Å². The third-order valence-corrected chi connectivity index (χ3v) is 4.25. The third kappa shape index (κ3) is 7.14. The fourth-order valence-corrected chi connectivity index (χ4v) is 2.86. The number of hydrogen-bond donors (Lipinski definition) is 3. The van der Waals surface area contributed by atoms with E-state index in [-0.39, 0.29) is 11.8 Å². The minimum Gasteiger partial charge on any atom is -0.357 e. The first-order valence-electron chi connectivity index (χ1n) is 8.89. The molecule has 128 valence electrons. The Morgan fingerprint density at radius 1 is 1.23 bits per heavy atom. The summed E-state index contributed by atoms with van der Waals surface area (Å²) in [6.07, 6.45) is 6.41. The number of hydrogen-bond acceptors (Lipinski definition) is 2. The van der Waals surface area contributed by atoms with E-state index in [0.29, 0.717) is 19.1 Å². The van der Waals surface area contributed by atoms with Crippen LogP contribution in [0.1, 0.15) is 59.8 Å². The van der Waals surface area contributed by atoms with E-state index in [1.54, 1.807) is 0 Å². The molecular formula is C17H34N4O. The SMILES string of the molecule is CCNC(=NCCNC(=O)C(C)C)NC1CCCC(CC)C1. The molecule has 0 aromatic rings. The lowest BCUT2D eigenvalue weighted by molar-refractivity contribution is -0.123. The van der Waals surface area contributed by atoms with Crippen LogP contribution in [0.5, 0.6) is 0 Å². The largest absolute Gasteiger partial charge is 0.357 e. The molecule has 1 saturated carbocycles. The van der Waals surface area contributed by atoms with Crippen LogP contribution in [-0.2, 0) is 4.79 Å². The van der Waals surface area contributed by atoms with E-state index in [0.717, 1.165) is 18.4 Å². The predicted molar refractivity (Wildman–Crippen MR) is 93.0 cm³/mol. The van der Waals surface area contributed by atoms with Crippen LogP contribution >= 0.6 is 0 Å². The van der Waals surface area contributed by atoms with Crippen molar-refractivity contribution in [1.29, 1.82) is 0 Å². The van der Waals surface area contributed by atoms with Gasteiger partial charge in [0, 0.05) is 25.0 Å². The fourth-order valence-electron chi connectivity index (χ4n) is 2.86. The first-order valence-corrected chi connectivity index (χ1v) is 8.89. The topological polar surface area (TPSA) is 65.5 Å².